The smallest absolute Gasteiger partial charge is 0.218 e. The summed E-state index contributed by atoms with van der Waals surface area (Å²) in [4.78, 5) is 8.70. The highest BCUT2D eigenvalue weighted by Gasteiger charge is 2.11. The zero-order chi connectivity index (χ0) is 19.2. The van der Waals surface area contributed by atoms with Crippen LogP contribution in [0.1, 0.15) is 16.7 Å². The first-order valence-corrected chi connectivity index (χ1v) is 9.96. The van der Waals surface area contributed by atoms with Gasteiger partial charge in [0.2, 0.25) is 5.88 Å². The van der Waals surface area contributed by atoms with Gasteiger partial charge in [-0.15, -0.1) is 24.0 Å². The molecule has 2 N–H and O–H groups in total. The number of hydrogen-bond acceptors (Lipinski definition) is 5. The molecule has 27 heavy (non-hydrogen) atoms. The van der Waals surface area contributed by atoms with Gasteiger partial charge in [0, 0.05) is 38.2 Å². The topological polar surface area (TPSA) is 92.7 Å². The van der Waals surface area contributed by atoms with Crippen LogP contribution in [0.3, 0.4) is 0 Å². The largest absolute Gasteiger partial charge is 0.481 e. The van der Waals surface area contributed by atoms with Crippen LogP contribution < -0.4 is 15.4 Å². The number of pyridine rings is 1. The molecule has 2 rings (SSSR count). The second-order valence-corrected chi connectivity index (χ2v) is 7.81. The molecule has 0 saturated heterocycles. The summed E-state index contributed by atoms with van der Waals surface area (Å²) in [5, 5.41) is 6.41. The van der Waals surface area contributed by atoms with Crippen molar-refractivity contribution < 1.29 is 13.2 Å². The highest BCUT2D eigenvalue weighted by atomic mass is 127. The molecule has 0 amide bonds. The van der Waals surface area contributed by atoms with Crippen molar-refractivity contribution in [3.63, 3.8) is 0 Å². The van der Waals surface area contributed by atoms with Crippen molar-refractivity contribution in [2.45, 2.75) is 24.9 Å². The van der Waals surface area contributed by atoms with E-state index >= 15 is 0 Å². The van der Waals surface area contributed by atoms with Crippen molar-refractivity contribution in [3.05, 3.63) is 53.2 Å². The third-order valence-corrected chi connectivity index (χ3v) is 5.07. The van der Waals surface area contributed by atoms with E-state index in [2.05, 4.69) is 20.6 Å². The Morgan fingerprint density at radius 2 is 1.93 bits per heavy atom. The van der Waals surface area contributed by atoms with Gasteiger partial charge in [-0.2, -0.15) is 0 Å². The highest BCUT2D eigenvalue weighted by Crippen LogP contribution is 2.16. The van der Waals surface area contributed by atoms with Crippen LogP contribution in [0.2, 0.25) is 0 Å². The number of benzene rings is 1. The van der Waals surface area contributed by atoms with Crippen LogP contribution in [0.15, 0.2) is 46.4 Å². The maximum absolute atomic E-state index is 11.7. The van der Waals surface area contributed by atoms with Crippen LogP contribution in [-0.2, 0) is 22.9 Å². The molecule has 0 aliphatic carbocycles. The Bertz CT molecular complexity index is 901. The van der Waals surface area contributed by atoms with Crippen LogP contribution >= 0.6 is 24.0 Å². The molecule has 0 bridgehead atoms. The second-order valence-electron chi connectivity index (χ2n) is 5.82. The Morgan fingerprint density at radius 3 is 2.52 bits per heavy atom. The highest BCUT2D eigenvalue weighted by molar-refractivity contribution is 14.0. The number of methoxy groups -OCH3 is 1. The maximum Gasteiger partial charge on any atom is 0.218 e. The summed E-state index contributed by atoms with van der Waals surface area (Å²) in [6.07, 6.45) is 2.89. The van der Waals surface area contributed by atoms with Crippen molar-refractivity contribution >= 4 is 39.8 Å². The van der Waals surface area contributed by atoms with E-state index in [9.17, 15) is 8.42 Å². The van der Waals surface area contributed by atoms with E-state index in [0.717, 1.165) is 16.7 Å². The molecular formula is C18H25IN4O3S. The normalized spacial score (nSPS) is 11.5. The minimum Gasteiger partial charge on any atom is -0.481 e. The van der Waals surface area contributed by atoms with Crippen LogP contribution in [0.5, 0.6) is 5.88 Å². The fourth-order valence-electron chi connectivity index (χ4n) is 2.57. The van der Waals surface area contributed by atoms with E-state index in [4.69, 9.17) is 4.74 Å². The molecule has 1 heterocycles. The second kappa shape index (κ2) is 10.5. The van der Waals surface area contributed by atoms with Gasteiger partial charge >= 0.3 is 0 Å². The summed E-state index contributed by atoms with van der Waals surface area (Å²) in [6.45, 7) is 2.83. The summed E-state index contributed by atoms with van der Waals surface area (Å²) in [5.41, 5.74) is 2.62. The molecule has 9 heteroatoms. The van der Waals surface area contributed by atoms with Gasteiger partial charge in [-0.1, -0.05) is 18.2 Å². The minimum atomic E-state index is -3.21. The molecule has 0 atom stereocenters. The van der Waals surface area contributed by atoms with Crippen molar-refractivity contribution in [2.75, 3.05) is 20.4 Å². The SMILES string of the molecule is CN=C(NCc1ccc(S(C)(=O)=O)c(C)c1)NCc1cccnc1OC.I. The first kappa shape index (κ1) is 23.2. The molecule has 7 nitrogen and oxygen atoms in total. The van der Waals surface area contributed by atoms with Crippen molar-refractivity contribution in [2.24, 2.45) is 4.99 Å². The summed E-state index contributed by atoms with van der Waals surface area (Å²) in [7, 11) is 0.0667. The predicted octanol–water partition coefficient (Wildman–Crippen LogP) is 2.29. The zero-order valence-electron chi connectivity index (χ0n) is 15.8. The molecule has 0 aliphatic heterocycles. The van der Waals surface area contributed by atoms with E-state index in [1.165, 1.54) is 6.26 Å². The average molecular weight is 504 g/mol. The summed E-state index contributed by atoms with van der Waals surface area (Å²) in [6, 6.07) is 9.08. The third kappa shape index (κ3) is 6.65. The molecule has 0 radical (unpaired) electrons. The van der Waals surface area contributed by atoms with Crippen LogP contribution in [0.4, 0.5) is 0 Å². The van der Waals surface area contributed by atoms with E-state index in [0.29, 0.717) is 29.8 Å². The number of sulfone groups is 1. The lowest BCUT2D eigenvalue weighted by molar-refractivity contribution is 0.392. The van der Waals surface area contributed by atoms with Gasteiger partial charge in [0.15, 0.2) is 15.8 Å². The van der Waals surface area contributed by atoms with Gasteiger partial charge in [-0.3, -0.25) is 4.99 Å². The number of aliphatic imine (C=N–C) groups is 1. The third-order valence-electron chi connectivity index (χ3n) is 3.81. The molecule has 1 aromatic carbocycles. The van der Waals surface area contributed by atoms with Gasteiger partial charge in [-0.25, -0.2) is 13.4 Å². The predicted molar refractivity (Wildman–Crippen MR) is 118 cm³/mol. The maximum atomic E-state index is 11.7. The van der Waals surface area contributed by atoms with Gasteiger partial charge in [0.25, 0.3) is 0 Å². The lowest BCUT2D eigenvalue weighted by Gasteiger charge is -2.14. The molecule has 2 aromatic rings. The molecule has 0 saturated carbocycles. The van der Waals surface area contributed by atoms with E-state index in [1.54, 1.807) is 39.4 Å². The summed E-state index contributed by atoms with van der Waals surface area (Å²) in [5.74, 6) is 1.20. The van der Waals surface area contributed by atoms with E-state index < -0.39 is 9.84 Å². The minimum absolute atomic E-state index is 0. The number of rotatable bonds is 6. The number of aryl methyl sites for hydroxylation is 1. The van der Waals surface area contributed by atoms with Crippen LogP contribution in [0.25, 0.3) is 0 Å². The number of nitrogens with zero attached hydrogens (tertiary/aromatic N) is 2. The Labute approximate surface area is 177 Å². The molecule has 0 aliphatic rings. The standard InChI is InChI=1S/C18H24N4O3S.HI/c1-13-10-14(7-8-16(13)26(4,23)24)11-21-18(19-2)22-12-15-6-5-9-20-17(15)25-3;/h5-10H,11-12H2,1-4H3,(H2,19,21,22);1H. The lowest BCUT2D eigenvalue weighted by Crippen LogP contribution is -2.36. The first-order valence-electron chi connectivity index (χ1n) is 8.07. The van der Waals surface area contributed by atoms with E-state index in [1.807, 2.05) is 18.2 Å². The van der Waals surface area contributed by atoms with Gasteiger partial charge in [-0.05, 0) is 30.2 Å². The Balaban J connectivity index is 0.00000364. The summed E-state index contributed by atoms with van der Waals surface area (Å²) < 4.78 is 28.6. The lowest BCUT2D eigenvalue weighted by atomic mass is 10.1. The fourth-order valence-corrected chi connectivity index (χ4v) is 3.52. The zero-order valence-corrected chi connectivity index (χ0v) is 19.0. The number of nitrogens with one attached hydrogen (secondary N) is 2. The first-order chi connectivity index (χ1) is 12.3. The number of halogens is 1. The molecule has 148 valence electrons. The van der Waals surface area contributed by atoms with Gasteiger partial charge < -0.3 is 15.4 Å². The van der Waals surface area contributed by atoms with Crippen molar-refractivity contribution in [1.29, 1.82) is 0 Å². The van der Waals surface area contributed by atoms with E-state index in [-0.39, 0.29) is 24.0 Å². The number of ether oxygens (including phenoxy) is 1. The van der Waals surface area contributed by atoms with Gasteiger partial charge in [0.1, 0.15) is 0 Å². The molecule has 1 aromatic heterocycles. The fraction of sp³-hybridized carbons (Fsp3) is 0.333. The monoisotopic (exact) mass is 504 g/mol. The Hall–Kier alpha value is -1.88. The number of guanidine groups is 1. The van der Waals surface area contributed by atoms with Gasteiger partial charge in [0.05, 0.1) is 12.0 Å². The molecule has 0 spiro atoms. The summed E-state index contributed by atoms with van der Waals surface area (Å²) >= 11 is 0. The number of aromatic nitrogens is 1. The Kier molecular flexibility index (Phi) is 8.97. The van der Waals surface area contributed by atoms with Crippen LogP contribution in [0, 0.1) is 6.92 Å². The van der Waals surface area contributed by atoms with Crippen LogP contribution in [-0.4, -0.2) is 39.8 Å². The Morgan fingerprint density at radius 1 is 1.22 bits per heavy atom. The molecule has 0 fully saturated rings. The van der Waals surface area contributed by atoms with Crippen molar-refractivity contribution in [1.82, 2.24) is 15.6 Å². The molecular weight excluding hydrogens is 479 g/mol. The number of hydrogen-bond donors (Lipinski definition) is 2. The van der Waals surface area contributed by atoms with Crippen molar-refractivity contribution in [3.8, 4) is 5.88 Å². The quantitative estimate of drug-likeness (QED) is 0.357. The average Bonchev–Trinajstić information content (AvgIpc) is 2.61. The molecule has 0 unspecified atom stereocenters.